The molecule has 0 saturated heterocycles. The number of rotatable bonds is 4. The van der Waals surface area contributed by atoms with Crippen LogP contribution in [-0.2, 0) is 5.41 Å². The van der Waals surface area contributed by atoms with E-state index in [1.807, 2.05) is 49.6 Å². The zero-order valence-corrected chi connectivity index (χ0v) is 19.8. The molecule has 1 amide bonds. The summed E-state index contributed by atoms with van der Waals surface area (Å²) in [5, 5.41) is 6.42. The summed E-state index contributed by atoms with van der Waals surface area (Å²) in [6, 6.07) is 16.2. The molecule has 0 fully saturated rings. The van der Waals surface area contributed by atoms with Gasteiger partial charge in [-0.25, -0.2) is 9.97 Å². The minimum Gasteiger partial charge on any atom is -0.351 e. The summed E-state index contributed by atoms with van der Waals surface area (Å²) in [7, 11) is 0. The van der Waals surface area contributed by atoms with Crippen LogP contribution in [0.3, 0.4) is 0 Å². The second-order valence-corrected chi connectivity index (χ2v) is 9.44. The highest BCUT2D eigenvalue weighted by molar-refractivity contribution is 5.98. The van der Waals surface area contributed by atoms with Crippen LogP contribution in [0.5, 0.6) is 0 Å². The molecule has 0 atom stereocenters. The number of amides is 1. The first kappa shape index (κ1) is 21.8. The van der Waals surface area contributed by atoms with Gasteiger partial charge in [0.05, 0.1) is 0 Å². The SMILES string of the molecule is Cc1cc2c(cc1Nc1ccnc(-c3ccc(-c4ccncc4C)cc3)n1)C(C)(C)CNC2=O. The van der Waals surface area contributed by atoms with E-state index in [2.05, 4.69) is 59.6 Å². The number of fused-ring (bicyclic) bond motifs is 1. The molecule has 1 aliphatic heterocycles. The number of pyridine rings is 1. The Morgan fingerprint density at radius 2 is 1.68 bits per heavy atom. The van der Waals surface area contributed by atoms with Gasteiger partial charge >= 0.3 is 0 Å². The summed E-state index contributed by atoms with van der Waals surface area (Å²) in [4.78, 5) is 25.8. The van der Waals surface area contributed by atoms with Crippen molar-refractivity contribution in [1.82, 2.24) is 20.3 Å². The molecule has 2 aromatic carbocycles. The van der Waals surface area contributed by atoms with E-state index in [1.165, 1.54) is 0 Å². The molecule has 5 rings (SSSR count). The molecule has 0 bridgehead atoms. The quantitative estimate of drug-likeness (QED) is 0.425. The van der Waals surface area contributed by atoms with E-state index in [1.54, 1.807) is 6.20 Å². The average Bonchev–Trinajstić information content (AvgIpc) is 2.83. The first-order valence-electron chi connectivity index (χ1n) is 11.4. The van der Waals surface area contributed by atoms with Gasteiger partial charge in [-0.05, 0) is 65.9 Å². The Labute approximate surface area is 199 Å². The molecule has 0 unspecified atom stereocenters. The van der Waals surface area contributed by atoms with Gasteiger partial charge in [-0.15, -0.1) is 0 Å². The zero-order valence-electron chi connectivity index (χ0n) is 19.8. The van der Waals surface area contributed by atoms with Crippen LogP contribution in [0.25, 0.3) is 22.5 Å². The van der Waals surface area contributed by atoms with E-state index < -0.39 is 0 Å². The lowest BCUT2D eigenvalue weighted by atomic mass is 9.78. The lowest BCUT2D eigenvalue weighted by Crippen LogP contribution is -2.43. The topological polar surface area (TPSA) is 79.8 Å². The van der Waals surface area contributed by atoms with Crippen molar-refractivity contribution in [1.29, 1.82) is 0 Å². The van der Waals surface area contributed by atoms with Gasteiger partial charge in [-0.1, -0.05) is 38.1 Å². The Morgan fingerprint density at radius 1 is 0.912 bits per heavy atom. The molecule has 0 radical (unpaired) electrons. The smallest absolute Gasteiger partial charge is 0.251 e. The lowest BCUT2D eigenvalue weighted by molar-refractivity contribution is 0.0930. The standard InChI is InChI=1S/C28H27N5O/c1-17-13-22-23(28(3,4)16-31-27(22)34)14-24(17)32-25-10-12-30-26(33-25)20-7-5-19(6-8-20)21-9-11-29-15-18(21)2/h5-15H,16H2,1-4H3,(H,31,34)(H,30,32,33). The van der Waals surface area contributed by atoms with Gasteiger partial charge in [0.15, 0.2) is 5.82 Å². The van der Waals surface area contributed by atoms with E-state index in [-0.39, 0.29) is 11.3 Å². The Morgan fingerprint density at radius 3 is 2.44 bits per heavy atom. The number of hydrogen-bond donors (Lipinski definition) is 2. The number of nitrogens with one attached hydrogen (secondary N) is 2. The third-order valence-corrected chi connectivity index (χ3v) is 6.42. The van der Waals surface area contributed by atoms with Crippen molar-refractivity contribution in [3.05, 3.63) is 89.4 Å². The van der Waals surface area contributed by atoms with Crippen molar-refractivity contribution in [2.75, 3.05) is 11.9 Å². The number of hydrogen-bond acceptors (Lipinski definition) is 5. The van der Waals surface area contributed by atoms with E-state index >= 15 is 0 Å². The zero-order chi connectivity index (χ0) is 23.9. The summed E-state index contributed by atoms with van der Waals surface area (Å²) >= 11 is 0. The fraction of sp³-hybridized carbons (Fsp3) is 0.214. The van der Waals surface area contributed by atoms with E-state index in [0.717, 1.165) is 44.6 Å². The van der Waals surface area contributed by atoms with Gasteiger partial charge < -0.3 is 10.6 Å². The second-order valence-electron chi connectivity index (χ2n) is 9.44. The van der Waals surface area contributed by atoms with Crippen LogP contribution in [0.15, 0.2) is 67.1 Å². The molecule has 4 aromatic rings. The van der Waals surface area contributed by atoms with Crippen molar-refractivity contribution >= 4 is 17.4 Å². The largest absolute Gasteiger partial charge is 0.351 e. The summed E-state index contributed by atoms with van der Waals surface area (Å²) in [5.41, 5.74) is 7.95. The number of benzene rings is 2. The summed E-state index contributed by atoms with van der Waals surface area (Å²) in [6.45, 7) is 8.97. The maximum atomic E-state index is 12.4. The highest BCUT2D eigenvalue weighted by Gasteiger charge is 2.32. The van der Waals surface area contributed by atoms with Crippen LogP contribution in [0.1, 0.15) is 40.9 Å². The fourth-order valence-electron chi connectivity index (χ4n) is 4.38. The monoisotopic (exact) mass is 449 g/mol. The lowest BCUT2D eigenvalue weighted by Gasteiger charge is -2.33. The van der Waals surface area contributed by atoms with Gasteiger partial charge in [0.2, 0.25) is 0 Å². The van der Waals surface area contributed by atoms with Crippen molar-refractivity contribution < 1.29 is 4.79 Å². The number of carbonyl (C=O) groups excluding carboxylic acids is 1. The highest BCUT2D eigenvalue weighted by Crippen LogP contribution is 2.34. The Bertz CT molecular complexity index is 1390. The molecule has 170 valence electrons. The minimum absolute atomic E-state index is 0.0151. The first-order chi connectivity index (χ1) is 16.3. The molecular formula is C28H27N5O. The summed E-state index contributed by atoms with van der Waals surface area (Å²) < 4.78 is 0. The van der Waals surface area contributed by atoms with Crippen LogP contribution in [-0.4, -0.2) is 27.4 Å². The first-order valence-corrected chi connectivity index (χ1v) is 11.4. The average molecular weight is 450 g/mol. The number of aromatic nitrogens is 3. The number of nitrogens with zero attached hydrogens (tertiary/aromatic N) is 3. The van der Waals surface area contributed by atoms with E-state index in [0.29, 0.717) is 18.2 Å². The third kappa shape index (κ3) is 4.03. The maximum absolute atomic E-state index is 12.4. The summed E-state index contributed by atoms with van der Waals surface area (Å²) in [5.74, 6) is 1.34. The predicted octanol–water partition coefficient (Wildman–Crippen LogP) is 5.59. The van der Waals surface area contributed by atoms with Crippen molar-refractivity contribution in [2.45, 2.75) is 33.1 Å². The molecule has 0 saturated carbocycles. The highest BCUT2D eigenvalue weighted by atomic mass is 16.1. The van der Waals surface area contributed by atoms with E-state index in [9.17, 15) is 4.79 Å². The molecule has 34 heavy (non-hydrogen) atoms. The Kier molecular flexibility index (Phi) is 5.36. The minimum atomic E-state index is -0.140. The molecule has 0 spiro atoms. The predicted molar refractivity (Wildman–Crippen MR) is 135 cm³/mol. The van der Waals surface area contributed by atoms with Gasteiger partial charge in [0.25, 0.3) is 5.91 Å². The molecular weight excluding hydrogens is 422 g/mol. The number of anilines is 2. The van der Waals surface area contributed by atoms with Crippen molar-refractivity contribution in [3.63, 3.8) is 0 Å². The normalized spacial score (nSPS) is 14.3. The van der Waals surface area contributed by atoms with Crippen molar-refractivity contribution in [2.24, 2.45) is 0 Å². The molecule has 3 heterocycles. The van der Waals surface area contributed by atoms with Crippen molar-refractivity contribution in [3.8, 4) is 22.5 Å². The van der Waals surface area contributed by atoms with Gasteiger partial charge in [-0.2, -0.15) is 0 Å². The van der Waals surface area contributed by atoms with Crippen LogP contribution >= 0.6 is 0 Å². The van der Waals surface area contributed by atoms with Crippen LogP contribution in [0, 0.1) is 13.8 Å². The molecule has 0 aliphatic carbocycles. The number of aryl methyl sites for hydroxylation is 2. The molecule has 1 aliphatic rings. The van der Waals surface area contributed by atoms with Gasteiger partial charge in [0.1, 0.15) is 5.82 Å². The third-order valence-electron chi connectivity index (χ3n) is 6.42. The molecule has 2 N–H and O–H groups in total. The van der Waals surface area contributed by atoms with Gasteiger partial charge in [-0.3, -0.25) is 9.78 Å². The molecule has 6 nitrogen and oxygen atoms in total. The maximum Gasteiger partial charge on any atom is 0.251 e. The summed E-state index contributed by atoms with van der Waals surface area (Å²) in [6.07, 6.45) is 5.44. The van der Waals surface area contributed by atoms with E-state index in [4.69, 9.17) is 4.98 Å². The van der Waals surface area contributed by atoms with Crippen LogP contribution in [0.2, 0.25) is 0 Å². The Balaban J connectivity index is 1.43. The Hall–Kier alpha value is -4.06. The number of carbonyl (C=O) groups is 1. The van der Waals surface area contributed by atoms with Crippen LogP contribution in [0.4, 0.5) is 11.5 Å². The second kappa shape index (κ2) is 8.37. The molecule has 6 heteroatoms. The van der Waals surface area contributed by atoms with Crippen LogP contribution < -0.4 is 10.6 Å². The molecule has 2 aromatic heterocycles. The fourth-order valence-corrected chi connectivity index (χ4v) is 4.38. The van der Waals surface area contributed by atoms with Gasteiger partial charge in [0, 0.05) is 47.4 Å².